The van der Waals surface area contributed by atoms with Crippen molar-refractivity contribution in [2.24, 2.45) is 17.8 Å². The fourth-order valence-corrected chi connectivity index (χ4v) is 9.56. The van der Waals surface area contributed by atoms with Crippen molar-refractivity contribution in [1.82, 2.24) is 0 Å². The van der Waals surface area contributed by atoms with Gasteiger partial charge in [0.15, 0.2) is 0 Å². The van der Waals surface area contributed by atoms with Crippen molar-refractivity contribution in [2.75, 3.05) is 13.2 Å². The average molecular weight is 772 g/mol. The Hall–Kier alpha value is -2.54. The van der Waals surface area contributed by atoms with Crippen LogP contribution >= 0.6 is 49.9 Å². The van der Waals surface area contributed by atoms with Gasteiger partial charge in [-0.25, -0.2) is 4.85 Å². The predicted molar refractivity (Wildman–Crippen MR) is 205 cm³/mol. The number of aliphatic hydroxyl groups is 2. The molecule has 260 valence electrons. The molecule has 2 N–H and O–H groups in total. The fourth-order valence-electron chi connectivity index (χ4n) is 5.69. The summed E-state index contributed by atoms with van der Waals surface area (Å²) < 4.78 is 1.05. The molecule has 0 aliphatic heterocycles. The van der Waals surface area contributed by atoms with E-state index in [4.69, 9.17) is 16.8 Å². The molecule has 0 radical (unpaired) electrons. The van der Waals surface area contributed by atoms with Crippen molar-refractivity contribution in [3.05, 3.63) is 71.6 Å². The largest absolute Gasteiger partial charge is 0.396 e. The third-order valence-electron chi connectivity index (χ3n) is 9.05. The number of aliphatic hydroxyl groups excluding tert-OH is 2. The molecular weight excluding hydrogens is 721 g/mol. The van der Waals surface area contributed by atoms with E-state index in [1.807, 2.05) is 38.1 Å². The number of nitrogens with zero attached hydrogens (tertiary/aromatic N) is 4. The zero-order chi connectivity index (χ0) is 36.4. The van der Waals surface area contributed by atoms with Gasteiger partial charge in [0.25, 0.3) is 0 Å². The Labute approximate surface area is 309 Å². The molecule has 0 aromatic carbocycles. The Bertz CT molecular complexity index is 1520. The van der Waals surface area contributed by atoms with E-state index in [-0.39, 0.29) is 30.5 Å². The Kier molecular flexibility index (Phi) is 19.5. The number of nitriles is 3. The Balaban J connectivity index is 0.000000361. The predicted octanol–water partition coefficient (Wildman–Crippen LogP) is 11.5. The van der Waals surface area contributed by atoms with Gasteiger partial charge in [-0.05, 0) is 95.4 Å². The van der Waals surface area contributed by atoms with E-state index in [2.05, 4.69) is 85.0 Å². The first-order valence-corrected chi connectivity index (χ1v) is 19.9. The molecule has 0 bridgehead atoms. The maximum atomic E-state index is 9.51. The lowest BCUT2D eigenvalue weighted by molar-refractivity contribution is 0.258. The summed E-state index contributed by atoms with van der Waals surface area (Å²) in [5.41, 5.74) is -1.29. The van der Waals surface area contributed by atoms with Crippen molar-refractivity contribution in [2.45, 2.75) is 110 Å². The van der Waals surface area contributed by atoms with Crippen molar-refractivity contribution >= 4 is 54.9 Å². The molecule has 3 unspecified atom stereocenters. The van der Waals surface area contributed by atoms with Crippen LogP contribution in [-0.2, 0) is 16.2 Å². The highest BCUT2D eigenvalue weighted by Crippen LogP contribution is 2.43. The number of thiophene rings is 3. The highest BCUT2D eigenvalue weighted by atomic mass is 79.9. The minimum absolute atomic E-state index is 0.0944. The fraction of sp³-hybridized carbons (Fsp3) is 0.579. The molecule has 0 amide bonds. The molecule has 3 aromatic heterocycles. The van der Waals surface area contributed by atoms with Gasteiger partial charge in [0.2, 0.25) is 5.00 Å². The van der Waals surface area contributed by atoms with Crippen LogP contribution in [0.2, 0.25) is 0 Å². The summed E-state index contributed by atoms with van der Waals surface area (Å²) in [7, 11) is 0. The lowest BCUT2D eigenvalue weighted by atomic mass is 9.73. The van der Waals surface area contributed by atoms with E-state index in [0.717, 1.165) is 32.8 Å². The zero-order valence-corrected chi connectivity index (χ0v) is 33.5. The molecule has 0 aliphatic rings. The first-order chi connectivity index (χ1) is 22.8. The minimum atomic E-state index is -0.573. The molecule has 3 rings (SSSR count). The van der Waals surface area contributed by atoms with Crippen LogP contribution in [0.4, 0.5) is 5.00 Å². The molecule has 3 heterocycles. The molecular formula is C38H51BrN4O2S3. The molecule has 0 fully saturated rings. The first-order valence-electron chi connectivity index (χ1n) is 16.6. The Morgan fingerprint density at radius 1 is 0.729 bits per heavy atom. The molecule has 6 nitrogen and oxygen atoms in total. The Morgan fingerprint density at radius 3 is 1.52 bits per heavy atom. The molecule has 3 atom stereocenters. The van der Waals surface area contributed by atoms with Gasteiger partial charge in [0, 0.05) is 27.8 Å². The summed E-state index contributed by atoms with van der Waals surface area (Å²) in [6, 6.07) is 19.2. The summed E-state index contributed by atoms with van der Waals surface area (Å²) in [5, 5.41) is 49.1. The molecule has 10 heteroatoms. The van der Waals surface area contributed by atoms with E-state index >= 15 is 0 Å². The normalized spacial score (nSPS) is 14.5. The van der Waals surface area contributed by atoms with E-state index in [1.54, 1.807) is 28.7 Å². The van der Waals surface area contributed by atoms with Crippen molar-refractivity contribution in [3.8, 4) is 18.2 Å². The van der Waals surface area contributed by atoms with Crippen LogP contribution in [0.3, 0.4) is 0 Å². The lowest BCUT2D eigenvalue weighted by Crippen LogP contribution is -2.30. The average Bonchev–Trinajstić information content (AvgIpc) is 3.87. The van der Waals surface area contributed by atoms with Crippen molar-refractivity contribution < 1.29 is 10.2 Å². The summed E-state index contributed by atoms with van der Waals surface area (Å²) in [6.45, 7) is 21.8. The van der Waals surface area contributed by atoms with Gasteiger partial charge >= 0.3 is 0 Å². The van der Waals surface area contributed by atoms with Crippen LogP contribution in [-0.4, -0.2) is 23.4 Å². The molecule has 0 aliphatic carbocycles. The van der Waals surface area contributed by atoms with Gasteiger partial charge in [0.05, 0.1) is 44.8 Å². The quantitative estimate of drug-likeness (QED) is 0.149. The smallest absolute Gasteiger partial charge is 0.241 e. The summed E-state index contributed by atoms with van der Waals surface area (Å²) >= 11 is 8.14. The van der Waals surface area contributed by atoms with E-state index in [0.29, 0.717) is 36.6 Å². The molecule has 0 saturated carbocycles. The van der Waals surface area contributed by atoms with Gasteiger partial charge in [-0.2, -0.15) is 27.1 Å². The van der Waals surface area contributed by atoms with Gasteiger partial charge < -0.3 is 10.2 Å². The number of halogens is 1. The van der Waals surface area contributed by atoms with Crippen molar-refractivity contribution in [1.29, 1.82) is 15.8 Å². The SMILES string of the molecule is CC(C)C(C#N)(CCCO)c1ccc(Br)s1.CCCCC(C#N)(c1cccs1)C(C)C.[C-]#[N+]c1ccc(C(C#N)(CCCO)C(C)C)s1. The monoisotopic (exact) mass is 770 g/mol. The summed E-state index contributed by atoms with van der Waals surface area (Å²) in [4.78, 5) is 6.65. The third-order valence-corrected chi connectivity index (χ3v) is 13.1. The lowest BCUT2D eigenvalue weighted by Gasteiger charge is -2.29. The van der Waals surface area contributed by atoms with E-state index in [9.17, 15) is 15.8 Å². The molecule has 48 heavy (non-hydrogen) atoms. The minimum Gasteiger partial charge on any atom is -0.396 e. The molecule has 0 saturated heterocycles. The topological polar surface area (TPSA) is 116 Å². The van der Waals surface area contributed by atoms with Crippen LogP contribution in [0.1, 0.15) is 108 Å². The van der Waals surface area contributed by atoms with Crippen LogP contribution in [0, 0.1) is 58.3 Å². The van der Waals surface area contributed by atoms with Crippen LogP contribution in [0.15, 0.2) is 45.6 Å². The number of unbranched alkanes of at least 4 members (excludes halogenated alkanes) is 1. The summed E-state index contributed by atoms with van der Waals surface area (Å²) in [5.74, 6) is 0.790. The van der Waals surface area contributed by atoms with Gasteiger partial charge in [-0.15, -0.1) is 22.7 Å². The highest BCUT2D eigenvalue weighted by Gasteiger charge is 2.38. The van der Waals surface area contributed by atoms with Crippen LogP contribution in [0.5, 0.6) is 0 Å². The first kappa shape index (κ1) is 43.5. The maximum absolute atomic E-state index is 9.51. The van der Waals surface area contributed by atoms with Gasteiger partial charge in [0.1, 0.15) is 0 Å². The van der Waals surface area contributed by atoms with Gasteiger partial charge in [-0.3, -0.25) is 0 Å². The summed E-state index contributed by atoms with van der Waals surface area (Å²) in [6.07, 6.45) is 5.89. The second-order valence-corrected chi connectivity index (χ2v) is 17.3. The van der Waals surface area contributed by atoms with Crippen molar-refractivity contribution in [3.63, 3.8) is 0 Å². The van der Waals surface area contributed by atoms with E-state index in [1.165, 1.54) is 16.2 Å². The maximum Gasteiger partial charge on any atom is 0.241 e. The number of hydrogen-bond donors (Lipinski definition) is 2. The second kappa shape index (κ2) is 21.5. The zero-order valence-electron chi connectivity index (χ0n) is 29.4. The number of hydrogen-bond acceptors (Lipinski definition) is 8. The third kappa shape index (κ3) is 11.0. The Morgan fingerprint density at radius 2 is 1.19 bits per heavy atom. The number of rotatable bonds is 15. The van der Waals surface area contributed by atoms with Crippen LogP contribution < -0.4 is 0 Å². The second-order valence-electron chi connectivity index (χ2n) is 12.8. The van der Waals surface area contributed by atoms with Gasteiger partial charge in [-0.1, -0.05) is 73.4 Å². The molecule has 0 spiro atoms. The van der Waals surface area contributed by atoms with Crippen LogP contribution in [0.25, 0.3) is 4.85 Å². The standard InChI is InChI=1S/C13H16N2OS.C13H19NS.C12H16BrNOS/c1-10(2)13(9-14,7-4-8-16)11-5-6-12(15-3)17-11;1-4-5-8-13(10-14,11(2)3)12-7-6-9-15-12;1-9(2)12(8-14,6-3-7-15)10-4-5-11(13)16-10/h5-6,10,16H,4,7-8H2,1-2H3;6-7,9,11H,4-5,8H2,1-3H3;4-5,9,15H,3,6-7H2,1-2H3. The van der Waals surface area contributed by atoms with E-state index < -0.39 is 10.8 Å². The molecule has 3 aromatic rings. The highest BCUT2D eigenvalue weighted by molar-refractivity contribution is 9.11.